The number of fused-ring (bicyclic) bond motifs is 1. The summed E-state index contributed by atoms with van der Waals surface area (Å²) in [5.74, 6) is -3.24. The van der Waals surface area contributed by atoms with Crippen LogP contribution in [0.4, 0.5) is 8.78 Å². The number of Topliss-reactive ketones (excluding diaryl/α,β-unsaturated/α-hetero) is 1. The summed E-state index contributed by atoms with van der Waals surface area (Å²) in [6.07, 6.45) is 0.264. The number of carbonyl (C=O) groups is 2. The minimum Gasteiger partial charge on any atom is -0.454 e. The van der Waals surface area contributed by atoms with E-state index in [1.54, 1.807) is 11.3 Å². The zero-order valence-electron chi connectivity index (χ0n) is 14.6. The van der Waals surface area contributed by atoms with Crippen molar-refractivity contribution in [3.63, 3.8) is 0 Å². The fourth-order valence-electron chi connectivity index (χ4n) is 2.60. The smallest absolute Gasteiger partial charge is 0.306 e. The van der Waals surface area contributed by atoms with Gasteiger partial charge in [0, 0.05) is 12.0 Å². The van der Waals surface area contributed by atoms with Gasteiger partial charge >= 0.3 is 5.97 Å². The van der Waals surface area contributed by atoms with Crippen molar-refractivity contribution in [1.82, 2.24) is 4.98 Å². The van der Waals surface area contributed by atoms with Crippen LogP contribution in [0.15, 0.2) is 42.5 Å². The first-order valence-corrected chi connectivity index (χ1v) is 9.29. The highest BCUT2D eigenvalue weighted by molar-refractivity contribution is 7.18. The zero-order valence-corrected chi connectivity index (χ0v) is 15.4. The number of thiazole rings is 1. The summed E-state index contributed by atoms with van der Waals surface area (Å²) < 4.78 is 32.4. The Morgan fingerprint density at radius 2 is 1.93 bits per heavy atom. The van der Waals surface area contributed by atoms with Crippen molar-refractivity contribution in [1.29, 1.82) is 0 Å². The molecule has 0 radical (unpaired) electrons. The predicted octanol–water partition coefficient (Wildman–Crippen LogP) is 4.71. The van der Waals surface area contributed by atoms with E-state index in [4.69, 9.17) is 4.74 Å². The first-order valence-electron chi connectivity index (χ1n) is 8.47. The molecular weight excluding hydrogens is 372 g/mol. The molecule has 2 aromatic carbocycles. The fraction of sp³-hybridized carbons (Fsp3) is 0.250. The lowest BCUT2D eigenvalue weighted by molar-refractivity contribution is -0.146. The van der Waals surface area contributed by atoms with Gasteiger partial charge in [0.05, 0.1) is 15.2 Å². The van der Waals surface area contributed by atoms with Crippen LogP contribution in [0, 0.1) is 11.6 Å². The number of aryl methyl sites for hydroxylation is 1. The number of esters is 1. The summed E-state index contributed by atoms with van der Waals surface area (Å²) in [7, 11) is 0. The van der Waals surface area contributed by atoms with Crippen LogP contribution < -0.4 is 0 Å². The van der Waals surface area contributed by atoms with Crippen molar-refractivity contribution < 1.29 is 23.1 Å². The first kappa shape index (κ1) is 19.1. The maximum atomic E-state index is 13.2. The molecule has 4 nitrogen and oxygen atoms in total. The lowest BCUT2D eigenvalue weighted by atomic mass is 10.1. The Hall–Kier alpha value is -2.67. The molecule has 7 heteroatoms. The third kappa shape index (κ3) is 4.74. The number of hydrogen-bond donors (Lipinski definition) is 0. The van der Waals surface area contributed by atoms with Crippen LogP contribution in [0.1, 0.15) is 35.1 Å². The SMILES string of the molecule is CC(OC(=O)CCCc1nc2ccccc2s1)C(=O)c1ccc(F)c(F)c1. The second-order valence-corrected chi connectivity index (χ2v) is 7.17. The molecule has 3 rings (SSSR count). The van der Waals surface area contributed by atoms with Gasteiger partial charge < -0.3 is 4.74 Å². The third-order valence-electron chi connectivity index (χ3n) is 3.99. The molecule has 0 fully saturated rings. The average molecular weight is 389 g/mol. The number of rotatable bonds is 7. The van der Waals surface area contributed by atoms with Gasteiger partial charge in [0.2, 0.25) is 5.78 Å². The number of hydrogen-bond acceptors (Lipinski definition) is 5. The van der Waals surface area contributed by atoms with Crippen molar-refractivity contribution in [2.75, 3.05) is 0 Å². The maximum Gasteiger partial charge on any atom is 0.306 e. The Kier molecular flexibility index (Phi) is 5.91. The molecule has 140 valence electrons. The topological polar surface area (TPSA) is 56.3 Å². The zero-order chi connectivity index (χ0) is 19.4. The molecule has 0 aliphatic carbocycles. The summed E-state index contributed by atoms with van der Waals surface area (Å²) in [5.41, 5.74) is 0.898. The predicted molar refractivity (Wildman–Crippen MR) is 98.8 cm³/mol. The molecule has 0 bridgehead atoms. The van der Waals surface area contributed by atoms with Gasteiger partial charge in [-0.1, -0.05) is 12.1 Å². The van der Waals surface area contributed by atoms with E-state index in [9.17, 15) is 18.4 Å². The molecule has 0 aliphatic heterocycles. The summed E-state index contributed by atoms with van der Waals surface area (Å²) >= 11 is 1.58. The van der Waals surface area contributed by atoms with E-state index in [1.807, 2.05) is 24.3 Å². The quantitative estimate of drug-likeness (QED) is 0.434. The van der Waals surface area contributed by atoms with Crippen molar-refractivity contribution in [3.05, 3.63) is 64.7 Å². The van der Waals surface area contributed by atoms with E-state index < -0.39 is 29.5 Å². The Bertz CT molecular complexity index is 953. The average Bonchev–Trinajstić information content (AvgIpc) is 3.06. The Morgan fingerprint density at radius 1 is 1.15 bits per heavy atom. The molecule has 27 heavy (non-hydrogen) atoms. The number of halogens is 2. The highest BCUT2D eigenvalue weighted by Gasteiger charge is 2.20. The number of nitrogens with zero attached hydrogens (tertiary/aromatic N) is 1. The van der Waals surface area contributed by atoms with E-state index in [0.29, 0.717) is 12.8 Å². The molecule has 0 saturated carbocycles. The third-order valence-corrected chi connectivity index (χ3v) is 5.09. The Balaban J connectivity index is 1.49. The van der Waals surface area contributed by atoms with Gasteiger partial charge in [-0.25, -0.2) is 13.8 Å². The standard InChI is InChI=1S/C20H17F2NO3S/c1-12(20(25)13-9-10-14(21)15(22)11-13)26-19(24)8-4-7-18-23-16-5-2-3-6-17(16)27-18/h2-3,5-6,9-12H,4,7-8H2,1H3. The molecule has 1 unspecified atom stereocenters. The van der Waals surface area contributed by atoms with Crippen LogP contribution in [0.25, 0.3) is 10.2 Å². The summed E-state index contributed by atoms with van der Waals surface area (Å²) in [6.45, 7) is 1.41. The van der Waals surface area contributed by atoms with Gasteiger partial charge in [0.25, 0.3) is 0 Å². The van der Waals surface area contributed by atoms with Gasteiger partial charge in [-0.15, -0.1) is 11.3 Å². The van der Waals surface area contributed by atoms with Gasteiger partial charge in [0.15, 0.2) is 17.7 Å². The molecule has 1 heterocycles. The largest absolute Gasteiger partial charge is 0.454 e. The lowest BCUT2D eigenvalue weighted by Gasteiger charge is -2.12. The maximum absolute atomic E-state index is 13.2. The summed E-state index contributed by atoms with van der Waals surface area (Å²) in [5, 5.41) is 0.940. The molecule has 0 amide bonds. The van der Waals surface area contributed by atoms with Crippen LogP contribution in [-0.2, 0) is 16.0 Å². The van der Waals surface area contributed by atoms with Crippen LogP contribution in [-0.4, -0.2) is 22.8 Å². The minimum absolute atomic E-state index is 0.0383. The number of para-hydroxylation sites is 1. The van der Waals surface area contributed by atoms with Crippen LogP contribution >= 0.6 is 11.3 Å². The molecule has 1 atom stereocenters. The molecular formula is C20H17F2NO3S. The monoisotopic (exact) mass is 389 g/mol. The Labute approximate surface area is 158 Å². The molecule has 0 saturated heterocycles. The molecule has 1 aromatic heterocycles. The van der Waals surface area contributed by atoms with E-state index >= 15 is 0 Å². The Morgan fingerprint density at radius 3 is 2.67 bits per heavy atom. The normalized spacial score (nSPS) is 12.1. The summed E-state index contributed by atoms with van der Waals surface area (Å²) in [6, 6.07) is 10.6. The summed E-state index contributed by atoms with van der Waals surface area (Å²) in [4.78, 5) is 28.6. The lowest BCUT2D eigenvalue weighted by Crippen LogP contribution is -2.24. The second kappa shape index (κ2) is 8.35. The van der Waals surface area contributed by atoms with E-state index in [2.05, 4.69) is 4.98 Å². The number of benzene rings is 2. The molecule has 3 aromatic rings. The van der Waals surface area contributed by atoms with E-state index in [-0.39, 0.29) is 12.0 Å². The number of carbonyl (C=O) groups excluding carboxylic acids is 2. The van der Waals surface area contributed by atoms with Crippen LogP contribution in [0.5, 0.6) is 0 Å². The molecule has 0 aliphatic rings. The minimum atomic E-state index is -1.12. The first-order chi connectivity index (χ1) is 12.9. The van der Waals surface area contributed by atoms with Gasteiger partial charge in [-0.3, -0.25) is 9.59 Å². The van der Waals surface area contributed by atoms with Crippen molar-refractivity contribution in [2.45, 2.75) is 32.3 Å². The molecule has 0 spiro atoms. The van der Waals surface area contributed by atoms with Crippen LogP contribution in [0.2, 0.25) is 0 Å². The fourth-order valence-corrected chi connectivity index (χ4v) is 3.61. The van der Waals surface area contributed by atoms with Crippen molar-refractivity contribution in [3.8, 4) is 0 Å². The van der Waals surface area contributed by atoms with E-state index in [0.717, 1.165) is 33.4 Å². The van der Waals surface area contributed by atoms with Gasteiger partial charge in [0.1, 0.15) is 0 Å². The van der Waals surface area contributed by atoms with Crippen molar-refractivity contribution in [2.24, 2.45) is 0 Å². The molecule has 0 N–H and O–H groups in total. The van der Waals surface area contributed by atoms with Gasteiger partial charge in [-0.2, -0.15) is 0 Å². The second-order valence-electron chi connectivity index (χ2n) is 6.05. The van der Waals surface area contributed by atoms with E-state index in [1.165, 1.54) is 6.92 Å². The van der Waals surface area contributed by atoms with Crippen molar-refractivity contribution >= 4 is 33.3 Å². The highest BCUT2D eigenvalue weighted by atomic mass is 32.1. The number of ketones is 1. The highest BCUT2D eigenvalue weighted by Crippen LogP contribution is 2.22. The number of aromatic nitrogens is 1. The van der Waals surface area contributed by atoms with Crippen LogP contribution in [0.3, 0.4) is 0 Å². The number of ether oxygens (including phenoxy) is 1. The van der Waals surface area contributed by atoms with Gasteiger partial charge in [-0.05, 0) is 50.1 Å².